The van der Waals surface area contributed by atoms with Gasteiger partial charge in [0.2, 0.25) is 0 Å². The van der Waals surface area contributed by atoms with Crippen LogP contribution >= 0.6 is 0 Å². The lowest BCUT2D eigenvalue weighted by Crippen LogP contribution is -2.18. The van der Waals surface area contributed by atoms with Crippen molar-refractivity contribution in [1.82, 2.24) is 0 Å². The van der Waals surface area contributed by atoms with Crippen LogP contribution in [0.2, 0.25) is 0 Å². The van der Waals surface area contributed by atoms with E-state index in [0.29, 0.717) is 0 Å². The maximum absolute atomic E-state index is 12.4. The Labute approximate surface area is 221 Å². The van der Waals surface area contributed by atoms with E-state index in [1.807, 2.05) is 6.07 Å². The summed E-state index contributed by atoms with van der Waals surface area (Å²) >= 11 is 0. The molecule has 0 amide bonds. The summed E-state index contributed by atoms with van der Waals surface area (Å²) in [7, 11) is 0. The van der Waals surface area contributed by atoms with E-state index in [-0.39, 0.29) is 23.0 Å². The molecule has 0 aromatic heterocycles. The van der Waals surface area contributed by atoms with Gasteiger partial charge >= 0.3 is 11.9 Å². The molecule has 2 atom stereocenters. The Morgan fingerprint density at radius 3 is 1.47 bits per heavy atom. The van der Waals surface area contributed by atoms with E-state index in [2.05, 4.69) is 27.7 Å². The predicted molar refractivity (Wildman–Crippen MR) is 152 cm³/mol. The van der Waals surface area contributed by atoms with E-state index in [4.69, 9.17) is 0 Å². The third-order valence-corrected chi connectivity index (χ3v) is 7.87. The van der Waals surface area contributed by atoms with Crippen LogP contribution in [-0.4, -0.2) is 22.2 Å². The summed E-state index contributed by atoms with van der Waals surface area (Å²) in [5.74, 6) is -1.89. The van der Waals surface area contributed by atoms with Crippen LogP contribution in [0.15, 0.2) is 12.1 Å². The van der Waals surface area contributed by atoms with Crippen molar-refractivity contribution < 1.29 is 19.8 Å². The van der Waals surface area contributed by atoms with Crippen LogP contribution in [-0.2, 0) is 0 Å². The van der Waals surface area contributed by atoms with Gasteiger partial charge in [0.25, 0.3) is 0 Å². The highest BCUT2D eigenvalue weighted by molar-refractivity contribution is 6.03. The number of hydrogen-bond donors (Lipinski definition) is 2. The van der Waals surface area contributed by atoms with Crippen molar-refractivity contribution in [2.45, 2.75) is 155 Å². The van der Waals surface area contributed by atoms with Gasteiger partial charge in [-0.2, -0.15) is 0 Å². The van der Waals surface area contributed by atoms with Crippen molar-refractivity contribution in [2.75, 3.05) is 0 Å². The molecule has 2 N–H and O–H groups in total. The Morgan fingerprint density at radius 1 is 0.611 bits per heavy atom. The number of carboxylic acid groups (broad SMARTS) is 2. The topological polar surface area (TPSA) is 74.6 Å². The SMILES string of the molecule is CCCCCCCCCC(CC)c1ccc(C(=O)O)c(C(=O)O)c1C(CC)CCCCCCCCC. The van der Waals surface area contributed by atoms with Crippen molar-refractivity contribution in [3.05, 3.63) is 34.4 Å². The number of rotatable bonds is 22. The quantitative estimate of drug-likeness (QED) is 0.155. The predicted octanol–water partition coefficient (Wildman–Crippen LogP) is 10.4. The lowest BCUT2D eigenvalue weighted by Gasteiger charge is -2.27. The average Bonchev–Trinajstić information content (AvgIpc) is 2.86. The van der Waals surface area contributed by atoms with E-state index in [1.54, 1.807) is 6.07 Å². The second-order valence-electron chi connectivity index (χ2n) is 10.6. The van der Waals surface area contributed by atoms with Gasteiger partial charge in [0.1, 0.15) is 0 Å². The van der Waals surface area contributed by atoms with Gasteiger partial charge < -0.3 is 10.2 Å². The highest BCUT2D eigenvalue weighted by Crippen LogP contribution is 2.39. The molecule has 0 radical (unpaired) electrons. The molecule has 4 heteroatoms. The van der Waals surface area contributed by atoms with E-state index in [0.717, 1.165) is 56.1 Å². The van der Waals surface area contributed by atoms with Gasteiger partial charge in [0, 0.05) is 0 Å². The minimum absolute atomic E-state index is 0.0350. The third-order valence-electron chi connectivity index (χ3n) is 7.87. The fourth-order valence-electron chi connectivity index (χ4n) is 5.67. The summed E-state index contributed by atoms with van der Waals surface area (Å²) in [5, 5.41) is 20.0. The molecule has 0 aliphatic rings. The van der Waals surface area contributed by atoms with Gasteiger partial charge in [-0.1, -0.05) is 124 Å². The zero-order chi connectivity index (χ0) is 26.8. The van der Waals surface area contributed by atoms with E-state index < -0.39 is 11.9 Å². The largest absolute Gasteiger partial charge is 0.478 e. The van der Waals surface area contributed by atoms with Gasteiger partial charge in [0.05, 0.1) is 11.1 Å². The minimum Gasteiger partial charge on any atom is -0.478 e. The van der Waals surface area contributed by atoms with Crippen LogP contribution < -0.4 is 0 Å². The smallest absolute Gasteiger partial charge is 0.336 e. The zero-order valence-electron chi connectivity index (χ0n) is 23.7. The van der Waals surface area contributed by atoms with Crippen LogP contribution in [0.3, 0.4) is 0 Å². The number of carbonyl (C=O) groups is 2. The summed E-state index contributed by atoms with van der Waals surface area (Å²) in [4.78, 5) is 24.4. The molecule has 0 saturated heterocycles. The summed E-state index contributed by atoms with van der Waals surface area (Å²) < 4.78 is 0. The average molecular weight is 503 g/mol. The van der Waals surface area contributed by atoms with Gasteiger partial charge in [-0.3, -0.25) is 0 Å². The summed E-state index contributed by atoms with van der Waals surface area (Å²) in [6, 6.07) is 3.48. The molecule has 0 bridgehead atoms. The molecule has 206 valence electrons. The number of aromatic carboxylic acids is 2. The van der Waals surface area contributed by atoms with Crippen LogP contribution in [0.4, 0.5) is 0 Å². The molecular weight excluding hydrogens is 448 g/mol. The second-order valence-corrected chi connectivity index (χ2v) is 10.6. The normalized spacial score (nSPS) is 13.0. The highest BCUT2D eigenvalue weighted by Gasteiger charge is 2.29. The second kappa shape index (κ2) is 19.3. The van der Waals surface area contributed by atoms with Crippen LogP contribution in [0, 0.1) is 0 Å². The molecule has 1 rings (SSSR count). The standard InChI is InChI=1S/C32H54O4/c1-5-9-11-13-15-17-19-21-25(7-3)27-23-24-28(31(33)34)30(32(35)36)29(27)26(8-4)22-20-18-16-14-12-10-6-2/h23-26H,5-22H2,1-4H3,(H,33,34)(H,35,36). The van der Waals surface area contributed by atoms with E-state index >= 15 is 0 Å². The third kappa shape index (κ3) is 11.0. The molecule has 0 aliphatic carbocycles. The van der Waals surface area contributed by atoms with E-state index in [1.165, 1.54) is 70.6 Å². The number of hydrogen-bond acceptors (Lipinski definition) is 2. The van der Waals surface area contributed by atoms with Crippen LogP contribution in [0.1, 0.15) is 187 Å². The Morgan fingerprint density at radius 2 is 1.06 bits per heavy atom. The highest BCUT2D eigenvalue weighted by atomic mass is 16.4. The van der Waals surface area contributed by atoms with Crippen molar-refractivity contribution >= 4 is 11.9 Å². The van der Waals surface area contributed by atoms with Gasteiger partial charge in [0.15, 0.2) is 0 Å². The van der Waals surface area contributed by atoms with Crippen LogP contribution in [0.5, 0.6) is 0 Å². The first kappa shape index (κ1) is 32.2. The molecular formula is C32H54O4. The first-order valence-electron chi connectivity index (χ1n) is 15.1. The van der Waals surface area contributed by atoms with Gasteiger partial charge in [-0.25, -0.2) is 9.59 Å². The monoisotopic (exact) mass is 502 g/mol. The first-order valence-corrected chi connectivity index (χ1v) is 15.1. The van der Waals surface area contributed by atoms with Crippen molar-refractivity contribution in [1.29, 1.82) is 0 Å². The molecule has 0 saturated carbocycles. The molecule has 36 heavy (non-hydrogen) atoms. The van der Waals surface area contributed by atoms with Crippen molar-refractivity contribution in [3.63, 3.8) is 0 Å². The Balaban J connectivity index is 3.10. The molecule has 1 aromatic carbocycles. The first-order chi connectivity index (χ1) is 17.4. The molecule has 1 aromatic rings. The van der Waals surface area contributed by atoms with Crippen molar-refractivity contribution in [3.8, 4) is 0 Å². The fourth-order valence-corrected chi connectivity index (χ4v) is 5.67. The Hall–Kier alpha value is -1.84. The van der Waals surface area contributed by atoms with E-state index in [9.17, 15) is 19.8 Å². The molecule has 0 fully saturated rings. The zero-order valence-corrected chi connectivity index (χ0v) is 23.7. The fraction of sp³-hybridized carbons (Fsp3) is 0.750. The van der Waals surface area contributed by atoms with Gasteiger partial charge in [-0.05, 0) is 54.7 Å². The van der Waals surface area contributed by atoms with Crippen molar-refractivity contribution in [2.24, 2.45) is 0 Å². The van der Waals surface area contributed by atoms with Gasteiger partial charge in [-0.15, -0.1) is 0 Å². The summed E-state index contributed by atoms with van der Waals surface area (Å²) in [6.45, 7) is 8.76. The number of carboxylic acids is 2. The molecule has 0 spiro atoms. The summed E-state index contributed by atoms with van der Waals surface area (Å²) in [5.41, 5.74) is 1.87. The molecule has 4 nitrogen and oxygen atoms in total. The minimum atomic E-state index is -1.15. The maximum Gasteiger partial charge on any atom is 0.336 e. The number of unbranched alkanes of at least 4 members (excludes halogenated alkanes) is 12. The lowest BCUT2D eigenvalue weighted by molar-refractivity contribution is 0.0649. The van der Waals surface area contributed by atoms with Crippen LogP contribution in [0.25, 0.3) is 0 Å². The Bertz CT molecular complexity index is 755. The summed E-state index contributed by atoms with van der Waals surface area (Å²) in [6.07, 6.45) is 21.1. The molecule has 0 aliphatic heterocycles. The molecule has 0 heterocycles. The maximum atomic E-state index is 12.4. The number of benzene rings is 1. The lowest BCUT2D eigenvalue weighted by atomic mass is 9.77. The molecule has 2 unspecified atom stereocenters. The Kier molecular flexibility index (Phi) is 17.3.